The van der Waals surface area contributed by atoms with Crippen LogP contribution in [0.15, 0.2) is 0 Å². The molecule has 0 saturated carbocycles. The van der Waals surface area contributed by atoms with E-state index in [-0.39, 0.29) is 62.0 Å². The topological polar surface area (TPSA) is 17.1 Å². The van der Waals surface area contributed by atoms with Crippen molar-refractivity contribution >= 4 is 10.1 Å². The fourth-order valence-corrected chi connectivity index (χ4v) is 0. The van der Waals surface area contributed by atoms with Crippen LogP contribution in [-0.4, -0.2) is 10.1 Å². The smallest absolute Gasteiger partial charge is 1.00 e. The first-order valence-corrected chi connectivity index (χ1v) is 0.866. The normalized spacial score (nSPS) is 1.00. The molecule has 0 aliphatic carbocycles. The van der Waals surface area contributed by atoms with Crippen LogP contribution in [0.25, 0.3) is 0 Å². The number of hydrogen-bond donors (Lipinski definition) is 0. The first kappa shape index (κ1) is 16.7. The third-order valence-electron chi connectivity index (χ3n) is 0. The van der Waals surface area contributed by atoms with Crippen molar-refractivity contribution in [2.24, 2.45) is 0 Å². The summed E-state index contributed by atoms with van der Waals surface area (Å²) in [6, 6.07) is 0. The van der Waals surface area contributed by atoms with Gasteiger partial charge in [-0.25, -0.2) is 0 Å². The summed E-state index contributed by atoms with van der Waals surface area (Å²) in [6.45, 7) is 0. The van der Waals surface area contributed by atoms with E-state index in [1.165, 1.54) is 0 Å². The van der Waals surface area contributed by atoms with Crippen molar-refractivity contribution in [2.45, 2.75) is 0 Å². The van der Waals surface area contributed by atoms with Crippen LogP contribution in [0.3, 0.4) is 0 Å². The Labute approximate surface area is 75.4 Å². The van der Waals surface area contributed by atoms with Gasteiger partial charge in [-0.15, -0.1) is 0 Å². The molecule has 0 radical (unpaired) electrons. The minimum atomic E-state index is 0. The van der Waals surface area contributed by atoms with Crippen LogP contribution < -0.4 is 18.9 Å². The van der Waals surface area contributed by atoms with Crippen molar-refractivity contribution in [3.8, 4) is 0 Å². The SMILES string of the molecule is O=[SiH2].[Ce].[H-].[Li+]. The molecule has 0 N–H and O–H groups in total. The molecule has 0 aromatic rings. The van der Waals surface area contributed by atoms with Gasteiger partial charge in [0.25, 0.3) is 0 Å². The minimum absolute atomic E-state index is 0. The molecule has 0 fully saturated rings. The molecule has 0 aliphatic rings. The number of rotatable bonds is 0. The standard InChI is InChI=1S/Ce.Li.H2OSi.H/c;;1-2;/h;;2H2;/q;+1;;-1. The molecule has 1 nitrogen and oxygen atoms in total. The van der Waals surface area contributed by atoms with Crippen LogP contribution in [0.1, 0.15) is 1.43 Å². The Morgan fingerprint density at radius 3 is 1.50 bits per heavy atom. The van der Waals surface area contributed by atoms with E-state index in [4.69, 9.17) is 4.46 Å². The zero-order valence-electron chi connectivity index (χ0n) is 3.62. The largest absolute Gasteiger partial charge is 1.00 e. The predicted molar refractivity (Wildman–Crippen MR) is 10.3 cm³/mol. The number of hydrogen-bond acceptors (Lipinski definition) is 1. The van der Waals surface area contributed by atoms with Gasteiger partial charge in [0.1, 0.15) is 0 Å². The molecule has 0 unspecified atom stereocenters. The molecular formula is H3CeLiOSi. The molecule has 0 bridgehead atoms. The van der Waals surface area contributed by atoms with Crippen LogP contribution in [0, 0.1) is 41.7 Å². The van der Waals surface area contributed by atoms with Gasteiger partial charge in [0, 0.05) is 41.7 Å². The molecule has 0 spiro atoms. The second-order valence-electron chi connectivity index (χ2n) is 0. The van der Waals surface area contributed by atoms with Gasteiger partial charge in [-0.1, -0.05) is 0 Å². The van der Waals surface area contributed by atoms with Gasteiger partial charge in [0.05, 0.1) is 0 Å². The summed E-state index contributed by atoms with van der Waals surface area (Å²) < 4.78 is 8.28. The minimum Gasteiger partial charge on any atom is -1.00 e. The molecule has 4 heavy (non-hydrogen) atoms. The summed E-state index contributed by atoms with van der Waals surface area (Å²) in [4.78, 5) is 0. The van der Waals surface area contributed by atoms with E-state index in [0.717, 1.165) is 0 Å². The zero-order chi connectivity index (χ0) is 2.00. The van der Waals surface area contributed by atoms with E-state index in [0.29, 0.717) is 10.1 Å². The maximum atomic E-state index is 8.28. The molecule has 18 valence electrons. The van der Waals surface area contributed by atoms with Gasteiger partial charge in [-0.2, -0.15) is 0 Å². The van der Waals surface area contributed by atoms with Gasteiger partial charge in [-0.3, -0.25) is 0 Å². The van der Waals surface area contributed by atoms with Gasteiger partial charge in [-0.05, 0) is 0 Å². The second-order valence-corrected chi connectivity index (χ2v) is 0. The maximum absolute atomic E-state index is 8.28. The summed E-state index contributed by atoms with van der Waals surface area (Å²) in [5, 5.41) is 0. The Morgan fingerprint density at radius 1 is 1.50 bits per heavy atom. The van der Waals surface area contributed by atoms with Gasteiger partial charge >= 0.3 is 18.9 Å². The average molecular weight is 194 g/mol. The summed E-state index contributed by atoms with van der Waals surface area (Å²) in [5.74, 6) is 0. The second kappa shape index (κ2) is 20.1. The van der Waals surface area contributed by atoms with Crippen molar-refractivity contribution < 1.29 is 66.5 Å². The summed E-state index contributed by atoms with van der Waals surface area (Å²) in [7, 11) is 0.611. The molecule has 0 atom stereocenters. The Hall–Kier alpha value is 1.99. The van der Waals surface area contributed by atoms with Crippen molar-refractivity contribution in [2.75, 3.05) is 0 Å². The van der Waals surface area contributed by atoms with Crippen molar-refractivity contribution in [3.05, 3.63) is 0 Å². The van der Waals surface area contributed by atoms with Gasteiger partial charge in [0.15, 0.2) is 0 Å². The quantitative estimate of drug-likeness (QED) is 0.360. The van der Waals surface area contributed by atoms with Crippen LogP contribution in [0.4, 0.5) is 0 Å². The van der Waals surface area contributed by atoms with E-state index in [9.17, 15) is 0 Å². The molecule has 0 aromatic carbocycles. The first-order valence-electron chi connectivity index (χ1n) is 0.289. The third kappa shape index (κ3) is 9.01. The van der Waals surface area contributed by atoms with Crippen LogP contribution in [-0.2, 0) is 4.46 Å². The van der Waals surface area contributed by atoms with E-state index < -0.39 is 0 Å². The molecular weight excluding hydrogens is 191 g/mol. The first-order chi connectivity index (χ1) is 1.00. The van der Waals surface area contributed by atoms with Crippen molar-refractivity contribution in [1.29, 1.82) is 0 Å². The Balaban J connectivity index is -0.00000000167. The van der Waals surface area contributed by atoms with Crippen LogP contribution in [0.2, 0.25) is 0 Å². The van der Waals surface area contributed by atoms with E-state index >= 15 is 0 Å². The van der Waals surface area contributed by atoms with E-state index in [2.05, 4.69) is 0 Å². The van der Waals surface area contributed by atoms with Crippen molar-refractivity contribution in [3.63, 3.8) is 0 Å². The Bertz CT molecular complexity index is 11.6. The van der Waals surface area contributed by atoms with Crippen LogP contribution in [0.5, 0.6) is 0 Å². The summed E-state index contributed by atoms with van der Waals surface area (Å²) in [5.41, 5.74) is 0. The molecule has 0 heterocycles. The molecule has 0 amide bonds. The average Bonchev–Trinajstić information content (AvgIpc) is 1.00. The predicted octanol–water partition coefficient (Wildman–Crippen LogP) is -3.92. The third-order valence-corrected chi connectivity index (χ3v) is 0. The Morgan fingerprint density at radius 2 is 1.50 bits per heavy atom. The van der Waals surface area contributed by atoms with Crippen molar-refractivity contribution in [1.82, 2.24) is 0 Å². The van der Waals surface area contributed by atoms with E-state index in [1.807, 2.05) is 0 Å². The monoisotopic (exact) mass is 194 g/mol. The fourth-order valence-electron chi connectivity index (χ4n) is 0. The Kier molecular flexibility index (Phi) is 83.6. The molecule has 0 aromatic heterocycles. The zero-order valence-corrected chi connectivity index (χ0v) is 7.17. The van der Waals surface area contributed by atoms with E-state index in [1.54, 1.807) is 0 Å². The summed E-state index contributed by atoms with van der Waals surface area (Å²) in [6.07, 6.45) is 0. The van der Waals surface area contributed by atoms with Crippen LogP contribution >= 0.6 is 0 Å². The molecule has 0 saturated heterocycles. The summed E-state index contributed by atoms with van der Waals surface area (Å²) >= 11 is 0. The molecule has 4 heteroatoms. The fraction of sp³-hybridized carbons (Fsp3) is 0. The molecule has 0 rings (SSSR count). The van der Waals surface area contributed by atoms with Gasteiger partial charge < -0.3 is 5.89 Å². The maximum Gasteiger partial charge on any atom is 1.00 e. The molecule has 0 aliphatic heterocycles. The van der Waals surface area contributed by atoms with Gasteiger partial charge in [0.2, 0.25) is 10.1 Å².